The first-order valence-corrected chi connectivity index (χ1v) is 25.9. The van der Waals surface area contributed by atoms with Crippen molar-refractivity contribution in [3.8, 4) is 0 Å². The Kier molecular flexibility index (Phi) is 40.8. The third-order valence-corrected chi connectivity index (χ3v) is 11.4. The minimum absolute atomic E-state index is 0.0262. The van der Waals surface area contributed by atoms with Crippen molar-refractivity contribution in [2.24, 2.45) is 0 Å². The highest BCUT2D eigenvalue weighted by atomic mass is 31.2. The van der Waals surface area contributed by atoms with Gasteiger partial charge in [0.05, 0.1) is 27.7 Å². The molecule has 10 heteroatoms. The Labute approximate surface area is 369 Å². The van der Waals surface area contributed by atoms with Gasteiger partial charge in [0.2, 0.25) is 0 Å². The van der Waals surface area contributed by atoms with Crippen LogP contribution in [0.25, 0.3) is 0 Å². The Bertz CT molecular complexity index is 1160. The molecule has 0 bridgehead atoms. The zero-order chi connectivity index (χ0) is 44.3. The number of esters is 2. The van der Waals surface area contributed by atoms with E-state index >= 15 is 0 Å². The molecule has 1 N–H and O–H groups in total. The van der Waals surface area contributed by atoms with Gasteiger partial charge in [0.25, 0.3) is 0 Å². The number of allylic oxidation sites excluding steroid dienone is 8. The molecule has 0 aliphatic rings. The maximum atomic E-state index is 12.7. The SMILES string of the molecule is CC/C=C\C/C=C\C/C=C\C/C=C\CCCCCCC(=O)OC(COC(=O)CCCCCCCCCCCCCCCCCCCCC)COP(=O)(O)OCC[N+](C)(C)C. The van der Waals surface area contributed by atoms with Gasteiger partial charge in [-0.2, -0.15) is 0 Å². The summed E-state index contributed by atoms with van der Waals surface area (Å²) in [4.78, 5) is 35.5. The fraction of sp³-hybridized carbons (Fsp3) is 0.800. The molecule has 0 aromatic carbocycles. The van der Waals surface area contributed by atoms with Crippen LogP contribution in [-0.4, -0.2) is 74.9 Å². The lowest BCUT2D eigenvalue weighted by Gasteiger charge is -2.24. The highest BCUT2D eigenvalue weighted by Gasteiger charge is 2.27. The minimum Gasteiger partial charge on any atom is -0.462 e. The van der Waals surface area contributed by atoms with Crippen molar-refractivity contribution in [1.82, 2.24) is 0 Å². The van der Waals surface area contributed by atoms with Crippen LogP contribution < -0.4 is 0 Å². The van der Waals surface area contributed by atoms with Crippen LogP contribution in [0.3, 0.4) is 0 Å². The molecule has 0 aromatic heterocycles. The van der Waals surface area contributed by atoms with Gasteiger partial charge in [0.15, 0.2) is 6.10 Å². The second kappa shape index (κ2) is 42.3. The van der Waals surface area contributed by atoms with Crippen LogP contribution in [0.1, 0.15) is 206 Å². The Morgan fingerprint density at radius 2 is 0.950 bits per heavy atom. The van der Waals surface area contributed by atoms with Crippen molar-refractivity contribution in [3.05, 3.63) is 48.6 Å². The molecule has 0 amide bonds. The average Bonchev–Trinajstić information content (AvgIpc) is 3.20. The second-order valence-corrected chi connectivity index (χ2v) is 18.9. The van der Waals surface area contributed by atoms with Crippen molar-refractivity contribution in [3.63, 3.8) is 0 Å². The highest BCUT2D eigenvalue weighted by molar-refractivity contribution is 7.47. The van der Waals surface area contributed by atoms with Gasteiger partial charge in [0.1, 0.15) is 19.8 Å². The van der Waals surface area contributed by atoms with Crippen LogP contribution in [0.15, 0.2) is 48.6 Å². The van der Waals surface area contributed by atoms with Gasteiger partial charge in [-0.25, -0.2) is 4.57 Å². The lowest BCUT2D eigenvalue weighted by Crippen LogP contribution is -2.37. The van der Waals surface area contributed by atoms with Crippen LogP contribution in [0.4, 0.5) is 0 Å². The predicted molar refractivity (Wildman–Crippen MR) is 252 cm³/mol. The molecule has 0 rings (SSSR count). The van der Waals surface area contributed by atoms with Gasteiger partial charge in [0, 0.05) is 12.8 Å². The molecule has 0 aliphatic heterocycles. The molecular weight excluding hydrogens is 774 g/mol. The number of hydrogen-bond donors (Lipinski definition) is 1. The summed E-state index contributed by atoms with van der Waals surface area (Å²) in [5.41, 5.74) is 0. The first-order chi connectivity index (χ1) is 29.0. The minimum atomic E-state index is -4.38. The Hall–Kier alpha value is -2.03. The van der Waals surface area contributed by atoms with E-state index in [-0.39, 0.29) is 32.0 Å². The van der Waals surface area contributed by atoms with Crippen molar-refractivity contribution >= 4 is 19.8 Å². The molecule has 9 nitrogen and oxygen atoms in total. The molecule has 0 radical (unpaired) electrons. The molecule has 0 spiro atoms. The summed E-state index contributed by atoms with van der Waals surface area (Å²) in [6.07, 6.45) is 50.2. The van der Waals surface area contributed by atoms with E-state index in [1.807, 2.05) is 21.1 Å². The maximum Gasteiger partial charge on any atom is 0.472 e. The quantitative estimate of drug-likeness (QED) is 0.0212. The molecule has 0 aromatic rings. The number of ether oxygens (including phenoxy) is 2. The Morgan fingerprint density at radius 1 is 0.533 bits per heavy atom. The van der Waals surface area contributed by atoms with E-state index < -0.39 is 26.5 Å². The van der Waals surface area contributed by atoms with Crippen LogP contribution >= 0.6 is 7.82 Å². The number of unbranched alkanes of at least 4 members (excludes halogenated alkanes) is 22. The molecule has 0 saturated carbocycles. The van der Waals surface area contributed by atoms with Crippen molar-refractivity contribution < 1.29 is 42.1 Å². The summed E-state index contributed by atoms with van der Waals surface area (Å²) in [6, 6.07) is 0. The largest absolute Gasteiger partial charge is 0.472 e. The number of hydrogen-bond acceptors (Lipinski definition) is 7. The molecular formula is C50H93NO8P+. The van der Waals surface area contributed by atoms with E-state index in [1.165, 1.54) is 103 Å². The van der Waals surface area contributed by atoms with Gasteiger partial charge in [-0.05, 0) is 51.4 Å². The number of quaternary nitrogens is 1. The van der Waals surface area contributed by atoms with Gasteiger partial charge in [-0.1, -0.05) is 191 Å². The standard InChI is InChI=1S/C50H92NO8P/c1-6-8-10-12-14-16-18-20-22-24-25-27-28-30-32-34-36-38-40-42-49(52)56-46-48(47-58-60(54,55)57-45-44-51(3,4)5)59-50(53)43-41-39-37-35-33-31-29-26-23-21-19-17-15-13-11-9-7-2/h9,11,15,17,21,23,29,31,48H,6-8,10,12-14,16,18-20,22,24-28,30,32-47H2,1-5H3/p+1/b11-9-,17-15-,23-21-,31-29-. The number of nitrogens with zero attached hydrogens (tertiary/aromatic N) is 1. The topological polar surface area (TPSA) is 108 Å². The Balaban J connectivity index is 4.31. The van der Waals surface area contributed by atoms with Gasteiger partial charge in [-0.15, -0.1) is 0 Å². The molecule has 350 valence electrons. The third-order valence-electron chi connectivity index (χ3n) is 10.4. The zero-order valence-electron chi connectivity index (χ0n) is 39.4. The fourth-order valence-corrected chi connectivity index (χ4v) is 7.34. The molecule has 2 unspecified atom stereocenters. The molecule has 60 heavy (non-hydrogen) atoms. The smallest absolute Gasteiger partial charge is 0.462 e. The summed E-state index contributed by atoms with van der Waals surface area (Å²) in [5, 5.41) is 0. The number of rotatable bonds is 44. The lowest BCUT2D eigenvalue weighted by atomic mass is 10.0. The lowest BCUT2D eigenvalue weighted by molar-refractivity contribution is -0.870. The van der Waals surface area contributed by atoms with E-state index in [9.17, 15) is 19.0 Å². The molecule has 0 saturated heterocycles. The number of phosphoric ester groups is 1. The summed E-state index contributed by atoms with van der Waals surface area (Å²) >= 11 is 0. The zero-order valence-corrected chi connectivity index (χ0v) is 40.3. The molecule has 0 fully saturated rings. The van der Waals surface area contributed by atoms with Crippen molar-refractivity contribution in [2.45, 2.75) is 213 Å². The molecule has 0 heterocycles. The first-order valence-electron chi connectivity index (χ1n) is 24.4. The van der Waals surface area contributed by atoms with E-state index in [0.29, 0.717) is 17.4 Å². The van der Waals surface area contributed by atoms with E-state index in [2.05, 4.69) is 62.5 Å². The van der Waals surface area contributed by atoms with E-state index in [4.69, 9.17) is 18.5 Å². The maximum absolute atomic E-state index is 12.7. The van der Waals surface area contributed by atoms with Gasteiger partial charge >= 0.3 is 19.8 Å². The number of carbonyl (C=O) groups is 2. The molecule has 2 atom stereocenters. The van der Waals surface area contributed by atoms with Crippen LogP contribution in [0.5, 0.6) is 0 Å². The number of likely N-dealkylation sites (N-methyl/N-ethyl adjacent to an activating group) is 1. The molecule has 0 aliphatic carbocycles. The summed E-state index contributed by atoms with van der Waals surface area (Å²) in [7, 11) is 1.46. The summed E-state index contributed by atoms with van der Waals surface area (Å²) < 4.78 is 34.4. The average molecular weight is 867 g/mol. The van der Waals surface area contributed by atoms with Crippen molar-refractivity contribution in [2.75, 3.05) is 47.5 Å². The Morgan fingerprint density at radius 3 is 1.42 bits per heavy atom. The number of carbonyl (C=O) groups excluding carboxylic acids is 2. The fourth-order valence-electron chi connectivity index (χ4n) is 6.59. The summed E-state index contributed by atoms with van der Waals surface area (Å²) in [5.74, 6) is -0.821. The third kappa shape index (κ3) is 45.5. The van der Waals surface area contributed by atoms with Gasteiger partial charge < -0.3 is 18.9 Å². The van der Waals surface area contributed by atoms with Crippen LogP contribution in [0.2, 0.25) is 0 Å². The monoisotopic (exact) mass is 867 g/mol. The highest BCUT2D eigenvalue weighted by Crippen LogP contribution is 2.43. The normalized spacial score (nSPS) is 13.9. The van der Waals surface area contributed by atoms with Crippen LogP contribution in [0, 0.1) is 0 Å². The number of phosphoric acid groups is 1. The van der Waals surface area contributed by atoms with E-state index in [1.54, 1.807) is 0 Å². The predicted octanol–water partition coefficient (Wildman–Crippen LogP) is 14.2. The van der Waals surface area contributed by atoms with E-state index in [0.717, 1.165) is 70.6 Å². The second-order valence-electron chi connectivity index (χ2n) is 17.5. The van der Waals surface area contributed by atoms with Gasteiger partial charge in [-0.3, -0.25) is 18.6 Å². The first kappa shape index (κ1) is 58.0. The summed E-state index contributed by atoms with van der Waals surface area (Å²) in [6.45, 7) is 4.30. The van der Waals surface area contributed by atoms with Crippen molar-refractivity contribution in [1.29, 1.82) is 0 Å². The van der Waals surface area contributed by atoms with Crippen LogP contribution in [-0.2, 0) is 32.7 Å².